The molecule has 1 amide bonds. The molecule has 0 spiro atoms. The van der Waals surface area contributed by atoms with Gasteiger partial charge in [0.25, 0.3) is 5.91 Å². The SMILES string of the molecule is O=C(O)CCCCCN1C(=O)/C(=C/c2cn(-c3ccccc3)nc2-c2ccc(Cl)cc2)SC1=S. The van der Waals surface area contributed by atoms with Crippen LogP contribution in [-0.4, -0.2) is 42.5 Å². The monoisotopic (exact) mass is 511 g/mol. The minimum atomic E-state index is -0.805. The minimum absolute atomic E-state index is 0.136. The van der Waals surface area contributed by atoms with Crippen molar-refractivity contribution < 1.29 is 14.7 Å². The summed E-state index contributed by atoms with van der Waals surface area (Å²) in [5.74, 6) is -0.941. The lowest BCUT2D eigenvalue weighted by atomic mass is 10.1. The van der Waals surface area contributed by atoms with Crippen LogP contribution in [0.25, 0.3) is 23.0 Å². The maximum absolute atomic E-state index is 13.1. The van der Waals surface area contributed by atoms with Gasteiger partial charge in [0, 0.05) is 35.3 Å². The summed E-state index contributed by atoms with van der Waals surface area (Å²) in [5.41, 5.74) is 3.33. The molecule has 0 saturated carbocycles. The van der Waals surface area contributed by atoms with E-state index in [1.807, 2.05) is 66.9 Å². The quantitative estimate of drug-likeness (QED) is 0.214. The van der Waals surface area contributed by atoms with E-state index >= 15 is 0 Å². The van der Waals surface area contributed by atoms with E-state index in [9.17, 15) is 9.59 Å². The molecule has 3 aromatic rings. The minimum Gasteiger partial charge on any atom is -0.481 e. The molecule has 0 atom stereocenters. The molecule has 0 aliphatic carbocycles. The first-order chi connectivity index (χ1) is 16.4. The number of unbranched alkanes of at least 4 members (excludes halogenated alkanes) is 2. The lowest BCUT2D eigenvalue weighted by Gasteiger charge is -2.13. The van der Waals surface area contributed by atoms with Gasteiger partial charge in [0.15, 0.2) is 0 Å². The van der Waals surface area contributed by atoms with E-state index in [1.165, 1.54) is 11.8 Å². The van der Waals surface area contributed by atoms with Gasteiger partial charge in [-0.25, -0.2) is 4.68 Å². The van der Waals surface area contributed by atoms with E-state index in [1.54, 1.807) is 9.58 Å². The summed E-state index contributed by atoms with van der Waals surface area (Å²) < 4.78 is 2.30. The first-order valence-electron chi connectivity index (χ1n) is 10.8. The number of rotatable bonds is 9. The zero-order chi connectivity index (χ0) is 24.1. The smallest absolute Gasteiger partial charge is 0.303 e. The van der Waals surface area contributed by atoms with E-state index in [2.05, 4.69) is 0 Å². The number of hydrogen-bond acceptors (Lipinski definition) is 5. The first-order valence-corrected chi connectivity index (χ1v) is 12.4. The molecule has 4 rings (SSSR count). The number of carbonyl (C=O) groups excluding carboxylic acids is 1. The highest BCUT2D eigenvalue weighted by Crippen LogP contribution is 2.35. The van der Waals surface area contributed by atoms with Crippen molar-refractivity contribution in [2.75, 3.05) is 6.54 Å². The van der Waals surface area contributed by atoms with E-state index < -0.39 is 5.97 Å². The Morgan fingerprint density at radius 1 is 1.09 bits per heavy atom. The van der Waals surface area contributed by atoms with Crippen LogP contribution in [0.15, 0.2) is 65.7 Å². The van der Waals surface area contributed by atoms with Crippen LogP contribution in [-0.2, 0) is 9.59 Å². The summed E-state index contributed by atoms with van der Waals surface area (Å²) in [5, 5.41) is 14.2. The Bertz CT molecular complexity index is 1240. The number of carboxylic acids is 1. The molecule has 0 radical (unpaired) electrons. The lowest BCUT2D eigenvalue weighted by Crippen LogP contribution is -2.29. The second-order valence-electron chi connectivity index (χ2n) is 7.76. The summed E-state index contributed by atoms with van der Waals surface area (Å²) in [6.45, 7) is 0.481. The molecule has 0 bridgehead atoms. The Morgan fingerprint density at radius 2 is 1.82 bits per heavy atom. The van der Waals surface area contributed by atoms with Crippen LogP contribution in [0.2, 0.25) is 5.02 Å². The summed E-state index contributed by atoms with van der Waals surface area (Å²) >= 11 is 12.8. The van der Waals surface area contributed by atoms with Gasteiger partial charge >= 0.3 is 5.97 Å². The predicted molar refractivity (Wildman–Crippen MR) is 140 cm³/mol. The van der Waals surface area contributed by atoms with Gasteiger partial charge < -0.3 is 5.11 Å². The van der Waals surface area contributed by atoms with Gasteiger partial charge in [0.1, 0.15) is 4.32 Å². The van der Waals surface area contributed by atoms with Crippen LogP contribution >= 0.6 is 35.6 Å². The summed E-state index contributed by atoms with van der Waals surface area (Å²) in [7, 11) is 0. The fraction of sp³-hybridized carbons (Fsp3) is 0.200. The standard InChI is InChI=1S/C25H22ClN3O3S2/c26-19-12-10-17(11-13-19)23-18(16-29(27-23)20-7-3-1-4-8-20)15-21-24(32)28(25(33)34-21)14-6-2-5-9-22(30)31/h1,3-4,7-8,10-13,15-16H,2,5-6,9,14H2,(H,30,31)/b21-15-. The van der Waals surface area contributed by atoms with Crippen molar-refractivity contribution >= 4 is 57.9 Å². The molecule has 6 nitrogen and oxygen atoms in total. The second kappa shape index (κ2) is 11.0. The molecule has 1 aliphatic heterocycles. The fourth-order valence-electron chi connectivity index (χ4n) is 3.59. The van der Waals surface area contributed by atoms with E-state index in [4.69, 9.17) is 34.0 Å². The van der Waals surface area contributed by atoms with E-state index in [0.717, 1.165) is 28.9 Å². The van der Waals surface area contributed by atoms with Crippen LogP contribution in [0, 0.1) is 0 Å². The number of aliphatic carboxylic acids is 1. The van der Waals surface area contributed by atoms with Crippen molar-refractivity contribution in [1.82, 2.24) is 14.7 Å². The average molecular weight is 512 g/mol. The van der Waals surface area contributed by atoms with Crippen LogP contribution in [0.3, 0.4) is 0 Å². The molecule has 1 saturated heterocycles. The van der Waals surface area contributed by atoms with E-state index in [-0.39, 0.29) is 12.3 Å². The molecule has 34 heavy (non-hydrogen) atoms. The largest absolute Gasteiger partial charge is 0.481 e. The number of nitrogens with zero attached hydrogens (tertiary/aromatic N) is 3. The number of benzene rings is 2. The van der Waals surface area contributed by atoms with Gasteiger partial charge in [0.2, 0.25) is 0 Å². The van der Waals surface area contributed by atoms with Crippen molar-refractivity contribution in [3.8, 4) is 16.9 Å². The maximum Gasteiger partial charge on any atom is 0.303 e. The van der Waals surface area contributed by atoms with Crippen molar-refractivity contribution in [2.45, 2.75) is 25.7 Å². The number of thiocarbonyl (C=S) groups is 1. The van der Waals surface area contributed by atoms with Crippen LogP contribution in [0.1, 0.15) is 31.2 Å². The molecule has 1 aromatic heterocycles. The topological polar surface area (TPSA) is 75.4 Å². The fourth-order valence-corrected chi connectivity index (χ4v) is 5.02. The highest BCUT2D eigenvalue weighted by Gasteiger charge is 2.32. The number of amides is 1. The summed E-state index contributed by atoms with van der Waals surface area (Å²) in [6, 6.07) is 17.2. The molecule has 1 N–H and O–H groups in total. The van der Waals surface area contributed by atoms with Crippen molar-refractivity contribution in [3.05, 3.63) is 76.3 Å². The highest BCUT2D eigenvalue weighted by molar-refractivity contribution is 8.26. The highest BCUT2D eigenvalue weighted by atomic mass is 35.5. The maximum atomic E-state index is 13.1. The summed E-state index contributed by atoms with van der Waals surface area (Å²) in [4.78, 5) is 25.9. The Labute approximate surface area is 212 Å². The van der Waals surface area contributed by atoms with Crippen molar-refractivity contribution in [1.29, 1.82) is 0 Å². The number of hydrogen-bond donors (Lipinski definition) is 1. The number of halogens is 1. The normalized spacial score (nSPS) is 14.9. The first kappa shape index (κ1) is 24.2. The second-order valence-corrected chi connectivity index (χ2v) is 9.87. The van der Waals surface area contributed by atoms with Crippen LogP contribution < -0.4 is 0 Å². The number of aromatic nitrogens is 2. The molecular weight excluding hydrogens is 490 g/mol. The van der Waals surface area contributed by atoms with Gasteiger partial charge in [-0.1, -0.05) is 72.3 Å². The molecule has 174 valence electrons. The van der Waals surface area contributed by atoms with Crippen molar-refractivity contribution in [2.24, 2.45) is 0 Å². The molecule has 1 aliphatic rings. The number of carboxylic acid groups (broad SMARTS) is 1. The molecule has 9 heteroatoms. The summed E-state index contributed by atoms with van der Waals surface area (Å²) in [6.07, 6.45) is 5.89. The van der Waals surface area contributed by atoms with Gasteiger partial charge in [-0.15, -0.1) is 0 Å². The Kier molecular flexibility index (Phi) is 7.82. The molecular formula is C25H22ClN3O3S2. The van der Waals surface area contributed by atoms with Gasteiger partial charge in [-0.05, 0) is 43.2 Å². The van der Waals surface area contributed by atoms with Gasteiger partial charge in [0.05, 0.1) is 16.3 Å². The molecule has 2 aromatic carbocycles. The zero-order valence-electron chi connectivity index (χ0n) is 18.2. The molecule has 0 unspecified atom stereocenters. The van der Waals surface area contributed by atoms with E-state index in [0.29, 0.717) is 33.6 Å². The van der Waals surface area contributed by atoms with Crippen LogP contribution in [0.5, 0.6) is 0 Å². The zero-order valence-corrected chi connectivity index (χ0v) is 20.6. The third-order valence-corrected chi connectivity index (χ3v) is 6.94. The number of thioether (sulfide) groups is 1. The van der Waals surface area contributed by atoms with Crippen LogP contribution in [0.4, 0.5) is 0 Å². The molecule has 1 fully saturated rings. The lowest BCUT2D eigenvalue weighted by molar-refractivity contribution is -0.137. The third kappa shape index (κ3) is 5.75. The number of para-hydroxylation sites is 1. The van der Waals surface area contributed by atoms with Crippen molar-refractivity contribution in [3.63, 3.8) is 0 Å². The van der Waals surface area contributed by atoms with Gasteiger partial charge in [-0.3, -0.25) is 14.5 Å². The predicted octanol–water partition coefficient (Wildman–Crippen LogP) is 6.04. The molecule has 2 heterocycles. The average Bonchev–Trinajstić information content (AvgIpc) is 3.36. The number of carbonyl (C=O) groups is 2. The Balaban J connectivity index is 1.59. The van der Waals surface area contributed by atoms with Gasteiger partial charge in [-0.2, -0.15) is 5.10 Å². The third-order valence-electron chi connectivity index (χ3n) is 5.31. The Hall–Kier alpha value is -2.94. The Morgan fingerprint density at radius 3 is 2.53 bits per heavy atom.